The zero-order chi connectivity index (χ0) is 20.4. The average Bonchev–Trinajstić information content (AvgIpc) is 3.14. The van der Waals surface area contributed by atoms with Crippen LogP contribution in [0.5, 0.6) is 0 Å². The lowest BCUT2D eigenvalue weighted by molar-refractivity contribution is -0.133. The van der Waals surface area contributed by atoms with E-state index in [2.05, 4.69) is 27.1 Å². The Morgan fingerprint density at radius 2 is 1.93 bits per heavy atom. The first kappa shape index (κ1) is 19.8. The summed E-state index contributed by atoms with van der Waals surface area (Å²) in [7, 11) is 1.83. The number of rotatable bonds is 5. The molecule has 1 N–H and O–H groups in total. The van der Waals surface area contributed by atoms with Crippen LogP contribution in [0.15, 0.2) is 30.6 Å². The lowest BCUT2D eigenvalue weighted by atomic mass is 9.97. The molecule has 1 aromatic carbocycles. The van der Waals surface area contributed by atoms with Gasteiger partial charge in [-0.2, -0.15) is 0 Å². The summed E-state index contributed by atoms with van der Waals surface area (Å²) in [4.78, 5) is 26.5. The first-order valence-corrected chi connectivity index (χ1v) is 10.4. The van der Waals surface area contributed by atoms with Crippen LogP contribution in [-0.4, -0.2) is 60.5 Å². The molecule has 29 heavy (non-hydrogen) atoms. The van der Waals surface area contributed by atoms with Crippen LogP contribution >= 0.6 is 0 Å². The van der Waals surface area contributed by atoms with E-state index in [1.807, 2.05) is 11.9 Å². The predicted octanol–water partition coefficient (Wildman–Crippen LogP) is 2.32. The van der Waals surface area contributed by atoms with E-state index in [4.69, 9.17) is 0 Å². The number of nitrogens with zero attached hydrogens (tertiary/aromatic N) is 4. The Morgan fingerprint density at radius 1 is 1.21 bits per heavy atom. The number of benzene rings is 1. The van der Waals surface area contributed by atoms with Crippen LogP contribution in [0.2, 0.25) is 0 Å². The third kappa shape index (κ3) is 3.96. The molecule has 0 saturated carbocycles. The number of hydrogen-bond acceptors (Lipinski definition) is 5. The van der Waals surface area contributed by atoms with E-state index >= 15 is 0 Å². The summed E-state index contributed by atoms with van der Waals surface area (Å²) in [5.74, 6) is 1.02. The molecule has 154 valence electrons. The zero-order valence-electron chi connectivity index (χ0n) is 17.1. The molecule has 1 saturated heterocycles. The van der Waals surface area contributed by atoms with E-state index in [0.29, 0.717) is 25.6 Å². The fraction of sp³-hybridized carbons (Fsp3) is 0.500. The van der Waals surface area contributed by atoms with E-state index in [1.165, 1.54) is 23.4 Å². The molecule has 1 aromatic heterocycles. The summed E-state index contributed by atoms with van der Waals surface area (Å²) in [6, 6.07) is 6.24. The number of aryl methyl sites for hydroxylation is 1. The van der Waals surface area contributed by atoms with E-state index in [0.717, 1.165) is 37.3 Å². The van der Waals surface area contributed by atoms with Crippen LogP contribution in [0, 0.1) is 5.82 Å². The van der Waals surface area contributed by atoms with Gasteiger partial charge in [0.15, 0.2) is 0 Å². The molecule has 1 amide bonds. The molecule has 0 spiro atoms. The normalized spacial score (nSPS) is 19.9. The average molecular weight is 397 g/mol. The van der Waals surface area contributed by atoms with Crippen molar-refractivity contribution >= 4 is 11.7 Å². The fourth-order valence-corrected chi connectivity index (χ4v) is 4.48. The third-order valence-electron chi connectivity index (χ3n) is 6.12. The van der Waals surface area contributed by atoms with Crippen molar-refractivity contribution in [3.63, 3.8) is 0 Å². The van der Waals surface area contributed by atoms with E-state index in [-0.39, 0.29) is 17.6 Å². The second-order valence-corrected chi connectivity index (χ2v) is 7.97. The largest absolute Gasteiger partial charge is 0.353 e. The van der Waals surface area contributed by atoms with Gasteiger partial charge in [0.2, 0.25) is 5.91 Å². The maximum absolute atomic E-state index is 13.3. The maximum Gasteiger partial charge on any atom is 0.231 e. The number of carbonyl (C=O) groups excluding carboxylic acids is 1. The number of piperazine rings is 1. The molecular formula is C22H28FN5O. The van der Waals surface area contributed by atoms with Crippen molar-refractivity contribution in [1.82, 2.24) is 20.2 Å². The van der Waals surface area contributed by atoms with Crippen LogP contribution in [-0.2, 0) is 11.2 Å². The van der Waals surface area contributed by atoms with Crippen LogP contribution in [0.3, 0.4) is 0 Å². The summed E-state index contributed by atoms with van der Waals surface area (Å²) >= 11 is 0. The smallest absolute Gasteiger partial charge is 0.231 e. The van der Waals surface area contributed by atoms with Gasteiger partial charge in [-0.05, 0) is 43.5 Å². The Bertz CT molecular complexity index is 864. The fourth-order valence-electron chi connectivity index (χ4n) is 4.48. The van der Waals surface area contributed by atoms with Gasteiger partial charge < -0.3 is 15.1 Å². The number of amides is 1. The highest BCUT2D eigenvalue weighted by molar-refractivity contribution is 5.84. The Balaban J connectivity index is 1.46. The third-order valence-corrected chi connectivity index (χ3v) is 6.12. The van der Waals surface area contributed by atoms with Gasteiger partial charge in [-0.1, -0.05) is 19.1 Å². The molecular weight excluding hydrogens is 369 g/mol. The summed E-state index contributed by atoms with van der Waals surface area (Å²) < 4.78 is 13.3. The van der Waals surface area contributed by atoms with Crippen molar-refractivity contribution in [3.8, 4) is 0 Å². The molecule has 1 aliphatic heterocycles. The lowest BCUT2D eigenvalue weighted by Crippen LogP contribution is -2.51. The Morgan fingerprint density at radius 3 is 2.62 bits per heavy atom. The van der Waals surface area contributed by atoms with Gasteiger partial charge in [0, 0.05) is 44.0 Å². The number of carbonyl (C=O) groups is 1. The van der Waals surface area contributed by atoms with Crippen molar-refractivity contribution < 1.29 is 9.18 Å². The van der Waals surface area contributed by atoms with Gasteiger partial charge in [-0.3, -0.25) is 4.79 Å². The second-order valence-electron chi connectivity index (χ2n) is 7.97. The summed E-state index contributed by atoms with van der Waals surface area (Å²) in [5, 5.41) is 3.10. The van der Waals surface area contributed by atoms with E-state index < -0.39 is 0 Å². The first-order chi connectivity index (χ1) is 14.1. The molecule has 2 heterocycles. The Labute approximate surface area is 171 Å². The summed E-state index contributed by atoms with van der Waals surface area (Å²) in [6.07, 6.45) is 3.82. The second kappa shape index (κ2) is 8.45. The van der Waals surface area contributed by atoms with Gasteiger partial charge in [-0.15, -0.1) is 0 Å². The number of hydrogen-bond donors (Lipinski definition) is 1. The Hall–Kier alpha value is -2.54. The minimum atomic E-state index is -0.310. The van der Waals surface area contributed by atoms with E-state index in [1.54, 1.807) is 18.5 Å². The van der Waals surface area contributed by atoms with Crippen LogP contribution < -0.4 is 10.2 Å². The number of anilines is 1. The monoisotopic (exact) mass is 397 g/mol. The van der Waals surface area contributed by atoms with Crippen LogP contribution in [0.4, 0.5) is 10.2 Å². The van der Waals surface area contributed by atoms with E-state index in [9.17, 15) is 9.18 Å². The van der Waals surface area contributed by atoms with Gasteiger partial charge in [0.1, 0.15) is 18.0 Å². The predicted molar refractivity (Wildman–Crippen MR) is 111 cm³/mol. The van der Waals surface area contributed by atoms with Gasteiger partial charge in [-0.25, -0.2) is 14.4 Å². The summed E-state index contributed by atoms with van der Waals surface area (Å²) in [5.41, 5.74) is 3.30. The van der Waals surface area contributed by atoms with Gasteiger partial charge in [0.25, 0.3) is 0 Å². The van der Waals surface area contributed by atoms with Crippen LogP contribution in [0.1, 0.15) is 42.0 Å². The molecule has 0 radical (unpaired) electrons. The number of fused-ring (bicyclic) bond motifs is 1. The van der Waals surface area contributed by atoms with Gasteiger partial charge >= 0.3 is 0 Å². The number of aromatic nitrogens is 2. The number of nitrogens with one attached hydrogen (secondary N) is 1. The molecule has 2 aromatic rings. The summed E-state index contributed by atoms with van der Waals surface area (Å²) in [6.45, 7) is 5.61. The minimum absolute atomic E-state index is 0.0897. The molecule has 6 nitrogen and oxygen atoms in total. The molecule has 2 atom stereocenters. The molecule has 4 rings (SSSR count). The lowest BCUT2D eigenvalue weighted by Gasteiger charge is -2.38. The number of likely N-dealkylation sites (N-methyl/N-ethyl adjacent to an activating group) is 1. The standard InChI is InChI=1S/C22H28FN5O/c1-15-3-8-19-20(15)21(26-14-25-19)27-9-11-28(12-10-27)22(29)18(13-24-2)16-4-6-17(23)7-5-16/h4-7,14-15,18,24H,3,8-13H2,1-2H3/t15-,18-/m1/s1. The maximum atomic E-state index is 13.3. The quantitative estimate of drug-likeness (QED) is 0.839. The van der Waals surface area contributed by atoms with Crippen molar-refractivity contribution in [2.45, 2.75) is 31.6 Å². The van der Waals surface area contributed by atoms with Crippen LogP contribution in [0.25, 0.3) is 0 Å². The molecule has 0 unspecified atom stereocenters. The van der Waals surface area contributed by atoms with Crippen molar-refractivity contribution in [2.75, 3.05) is 44.7 Å². The van der Waals surface area contributed by atoms with Gasteiger partial charge in [0.05, 0.1) is 5.92 Å². The van der Waals surface area contributed by atoms with Crippen molar-refractivity contribution in [2.24, 2.45) is 0 Å². The SMILES string of the molecule is CNC[C@@H](C(=O)N1CCN(c2ncnc3c2[C@H](C)CC3)CC1)c1ccc(F)cc1. The zero-order valence-corrected chi connectivity index (χ0v) is 17.1. The molecule has 0 bridgehead atoms. The minimum Gasteiger partial charge on any atom is -0.353 e. The number of halogens is 1. The highest BCUT2D eigenvalue weighted by Gasteiger charge is 2.31. The van der Waals surface area contributed by atoms with Crippen molar-refractivity contribution in [1.29, 1.82) is 0 Å². The first-order valence-electron chi connectivity index (χ1n) is 10.4. The highest BCUT2D eigenvalue weighted by Crippen LogP contribution is 2.37. The molecule has 1 aliphatic carbocycles. The molecule has 1 fully saturated rings. The highest BCUT2D eigenvalue weighted by atomic mass is 19.1. The Kier molecular flexibility index (Phi) is 5.76. The molecule has 7 heteroatoms. The molecule has 2 aliphatic rings. The topological polar surface area (TPSA) is 61.4 Å². The van der Waals surface area contributed by atoms with Crippen molar-refractivity contribution in [3.05, 3.63) is 53.2 Å².